The van der Waals surface area contributed by atoms with E-state index in [0.717, 1.165) is 45.1 Å². The predicted octanol–water partition coefficient (Wildman–Crippen LogP) is 3.48. The molecule has 0 saturated heterocycles. The molecule has 102 valence electrons. The van der Waals surface area contributed by atoms with Crippen molar-refractivity contribution in [2.75, 3.05) is 11.9 Å². The van der Waals surface area contributed by atoms with E-state index >= 15 is 0 Å². The average Bonchev–Trinajstić information content (AvgIpc) is 2.71. The molecule has 2 heterocycles. The number of rotatable bonds is 4. The number of nitrogens with zero attached hydrogens (tertiary/aromatic N) is 3. The van der Waals surface area contributed by atoms with Gasteiger partial charge in [-0.15, -0.1) is 0 Å². The van der Waals surface area contributed by atoms with Gasteiger partial charge in [0.2, 0.25) is 0 Å². The first-order chi connectivity index (χ1) is 9.04. The molecule has 0 bridgehead atoms. The molecule has 1 N–H and O–H groups in total. The standard InChI is InChI=1S/C13H17IN4O/c1-5-6-15-13-11(14)8(3)16-12(17-13)10-7(2)18-19-9(10)4/h5-6H2,1-4H3,(H,15,16,17). The summed E-state index contributed by atoms with van der Waals surface area (Å²) in [5.41, 5.74) is 2.67. The highest BCUT2D eigenvalue weighted by Crippen LogP contribution is 2.27. The average molecular weight is 372 g/mol. The van der Waals surface area contributed by atoms with Gasteiger partial charge in [-0.2, -0.15) is 0 Å². The molecule has 0 fully saturated rings. The van der Waals surface area contributed by atoms with Gasteiger partial charge in [0.25, 0.3) is 0 Å². The van der Waals surface area contributed by atoms with Crippen molar-refractivity contribution < 1.29 is 4.52 Å². The molecule has 2 rings (SSSR count). The molecule has 6 heteroatoms. The van der Waals surface area contributed by atoms with Gasteiger partial charge in [-0.05, 0) is 49.8 Å². The van der Waals surface area contributed by atoms with Gasteiger partial charge in [0.15, 0.2) is 5.82 Å². The van der Waals surface area contributed by atoms with E-state index in [9.17, 15) is 0 Å². The van der Waals surface area contributed by atoms with Crippen LogP contribution in [-0.4, -0.2) is 21.7 Å². The molecule has 0 aliphatic heterocycles. The molecule has 0 unspecified atom stereocenters. The molecule has 5 nitrogen and oxygen atoms in total. The lowest BCUT2D eigenvalue weighted by atomic mass is 10.2. The van der Waals surface area contributed by atoms with Gasteiger partial charge in [0.05, 0.1) is 20.5 Å². The van der Waals surface area contributed by atoms with E-state index in [1.807, 2.05) is 20.8 Å². The second kappa shape index (κ2) is 5.85. The summed E-state index contributed by atoms with van der Waals surface area (Å²) in [7, 11) is 0. The first-order valence-electron chi connectivity index (χ1n) is 6.25. The van der Waals surface area contributed by atoms with Crippen molar-refractivity contribution in [3.63, 3.8) is 0 Å². The second-order valence-electron chi connectivity index (χ2n) is 4.42. The second-order valence-corrected chi connectivity index (χ2v) is 5.50. The van der Waals surface area contributed by atoms with E-state index in [0.29, 0.717) is 5.82 Å². The lowest BCUT2D eigenvalue weighted by Gasteiger charge is -2.10. The van der Waals surface area contributed by atoms with E-state index in [2.05, 4.69) is 50.0 Å². The first kappa shape index (κ1) is 14.2. The van der Waals surface area contributed by atoms with Gasteiger partial charge < -0.3 is 9.84 Å². The van der Waals surface area contributed by atoms with Crippen LogP contribution in [0.4, 0.5) is 5.82 Å². The van der Waals surface area contributed by atoms with Crippen molar-refractivity contribution in [3.05, 3.63) is 20.7 Å². The maximum atomic E-state index is 5.19. The molecule has 0 spiro atoms. The summed E-state index contributed by atoms with van der Waals surface area (Å²) in [4.78, 5) is 9.15. The number of aryl methyl sites for hydroxylation is 3. The molecule has 2 aromatic rings. The van der Waals surface area contributed by atoms with Gasteiger partial charge in [-0.3, -0.25) is 0 Å². The van der Waals surface area contributed by atoms with Gasteiger partial charge in [-0.25, -0.2) is 9.97 Å². The monoisotopic (exact) mass is 372 g/mol. The number of anilines is 1. The van der Waals surface area contributed by atoms with Crippen LogP contribution in [0.5, 0.6) is 0 Å². The molecule has 0 saturated carbocycles. The van der Waals surface area contributed by atoms with E-state index in [1.54, 1.807) is 0 Å². The molecular weight excluding hydrogens is 355 g/mol. The Kier molecular flexibility index (Phi) is 4.38. The maximum Gasteiger partial charge on any atom is 0.167 e. The Morgan fingerprint density at radius 3 is 2.47 bits per heavy atom. The van der Waals surface area contributed by atoms with E-state index in [4.69, 9.17) is 4.52 Å². The van der Waals surface area contributed by atoms with Crippen molar-refractivity contribution in [1.82, 2.24) is 15.1 Å². The van der Waals surface area contributed by atoms with Crippen LogP contribution in [0, 0.1) is 24.3 Å². The summed E-state index contributed by atoms with van der Waals surface area (Å²) in [5.74, 6) is 2.30. The van der Waals surface area contributed by atoms with Crippen LogP contribution in [0.2, 0.25) is 0 Å². The van der Waals surface area contributed by atoms with Crippen LogP contribution >= 0.6 is 22.6 Å². The molecule has 0 amide bonds. The summed E-state index contributed by atoms with van der Waals surface area (Å²) < 4.78 is 6.25. The van der Waals surface area contributed by atoms with Crippen molar-refractivity contribution in [2.24, 2.45) is 0 Å². The quantitative estimate of drug-likeness (QED) is 0.833. The Bertz CT molecular complexity index is 575. The number of halogens is 1. The molecule has 0 aromatic carbocycles. The Balaban J connectivity index is 2.50. The van der Waals surface area contributed by atoms with E-state index in [1.165, 1.54) is 0 Å². The van der Waals surface area contributed by atoms with Crippen LogP contribution in [0.15, 0.2) is 4.52 Å². The fraction of sp³-hybridized carbons (Fsp3) is 0.462. The van der Waals surface area contributed by atoms with Crippen LogP contribution in [-0.2, 0) is 0 Å². The van der Waals surface area contributed by atoms with Gasteiger partial charge in [0, 0.05) is 6.54 Å². The third kappa shape index (κ3) is 2.88. The Labute approximate surface area is 126 Å². The summed E-state index contributed by atoms with van der Waals surface area (Å²) in [6.45, 7) is 8.80. The van der Waals surface area contributed by atoms with Gasteiger partial charge >= 0.3 is 0 Å². The Morgan fingerprint density at radius 2 is 1.89 bits per heavy atom. The third-order valence-electron chi connectivity index (χ3n) is 2.82. The molecule has 0 radical (unpaired) electrons. The minimum Gasteiger partial charge on any atom is -0.369 e. The summed E-state index contributed by atoms with van der Waals surface area (Å²) >= 11 is 2.27. The number of hydrogen-bond donors (Lipinski definition) is 1. The minimum atomic E-state index is 0.674. The SMILES string of the molecule is CCCNc1nc(-c2c(C)noc2C)nc(C)c1I. The molecule has 2 aromatic heterocycles. The molecule has 0 aliphatic rings. The fourth-order valence-corrected chi connectivity index (χ4v) is 2.27. The van der Waals surface area contributed by atoms with Gasteiger partial charge in [0.1, 0.15) is 11.6 Å². The highest BCUT2D eigenvalue weighted by molar-refractivity contribution is 14.1. The zero-order valence-corrected chi connectivity index (χ0v) is 13.7. The van der Waals surface area contributed by atoms with Crippen molar-refractivity contribution >= 4 is 28.4 Å². The number of hydrogen-bond acceptors (Lipinski definition) is 5. The molecular formula is C13H17IN4O. The topological polar surface area (TPSA) is 63.8 Å². The zero-order chi connectivity index (χ0) is 14.0. The fourth-order valence-electron chi connectivity index (χ4n) is 1.83. The lowest BCUT2D eigenvalue weighted by molar-refractivity contribution is 0.393. The van der Waals surface area contributed by atoms with Crippen molar-refractivity contribution in [1.29, 1.82) is 0 Å². The maximum absolute atomic E-state index is 5.19. The largest absolute Gasteiger partial charge is 0.369 e. The first-order valence-corrected chi connectivity index (χ1v) is 7.33. The van der Waals surface area contributed by atoms with Crippen LogP contribution in [0.25, 0.3) is 11.4 Å². The highest BCUT2D eigenvalue weighted by Gasteiger charge is 2.17. The molecule has 0 atom stereocenters. The Hall–Kier alpha value is -1.18. The molecule has 19 heavy (non-hydrogen) atoms. The van der Waals surface area contributed by atoms with E-state index < -0.39 is 0 Å². The summed E-state index contributed by atoms with van der Waals surface area (Å²) in [5, 5.41) is 7.29. The Morgan fingerprint density at radius 1 is 1.16 bits per heavy atom. The zero-order valence-electron chi connectivity index (χ0n) is 11.5. The predicted molar refractivity (Wildman–Crippen MR) is 83.2 cm³/mol. The van der Waals surface area contributed by atoms with Crippen molar-refractivity contribution in [2.45, 2.75) is 34.1 Å². The number of nitrogens with one attached hydrogen (secondary N) is 1. The van der Waals surface area contributed by atoms with Crippen LogP contribution < -0.4 is 5.32 Å². The minimum absolute atomic E-state index is 0.674. The smallest absolute Gasteiger partial charge is 0.167 e. The summed E-state index contributed by atoms with van der Waals surface area (Å²) in [6, 6.07) is 0. The van der Waals surface area contributed by atoms with Crippen LogP contribution in [0.3, 0.4) is 0 Å². The lowest BCUT2D eigenvalue weighted by Crippen LogP contribution is -2.08. The van der Waals surface area contributed by atoms with Crippen molar-refractivity contribution in [3.8, 4) is 11.4 Å². The molecule has 0 aliphatic carbocycles. The normalized spacial score (nSPS) is 10.8. The van der Waals surface area contributed by atoms with Crippen LogP contribution in [0.1, 0.15) is 30.5 Å². The third-order valence-corrected chi connectivity index (χ3v) is 4.11. The number of aromatic nitrogens is 3. The summed E-state index contributed by atoms with van der Waals surface area (Å²) in [6.07, 6.45) is 1.06. The van der Waals surface area contributed by atoms with Gasteiger partial charge in [-0.1, -0.05) is 12.1 Å². The van der Waals surface area contributed by atoms with E-state index in [-0.39, 0.29) is 0 Å². The highest BCUT2D eigenvalue weighted by atomic mass is 127.